The number of halogens is 3. The van der Waals surface area contributed by atoms with Crippen LogP contribution in [0.4, 0.5) is 18.9 Å². The lowest BCUT2D eigenvalue weighted by Crippen LogP contribution is -2.34. The number of carbonyl (C=O) groups is 2. The van der Waals surface area contributed by atoms with Crippen LogP contribution in [0.5, 0.6) is 0 Å². The number of rotatable bonds is 2. The predicted octanol–water partition coefficient (Wildman–Crippen LogP) is 4.28. The highest BCUT2D eigenvalue weighted by atomic mass is 19.4. The quantitative estimate of drug-likeness (QED) is 0.752. The Morgan fingerprint density at radius 2 is 1.83 bits per heavy atom. The van der Waals surface area contributed by atoms with E-state index in [2.05, 4.69) is 0 Å². The first-order valence-electron chi connectivity index (χ1n) is 9.51. The maximum Gasteiger partial charge on any atom is 0.416 e. The van der Waals surface area contributed by atoms with E-state index in [1.807, 2.05) is 31.2 Å². The van der Waals surface area contributed by atoms with E-state index in [9.17, 15) is 22.8 Å². The molecule has 2 aliphatic rings. The molecule has 1 spiro atoms. The fourth-order valence-electron chi connectivity index (χ4n) is 4.32. The SMILES string of the molecule is Cc1cccc(N2C[C@@]3(CCN(C(=O)c4cccc(C(F)(F)F)c4)C3)CC2=O)c1. The Morgan fingerprint density at radius 1 is 1.07 bits per heavy atom. The lowest BCUT2D eigenvalue weighted by atomic mass is 9.86. The monoisotopic (exact) mass is 402 g/mol. The lowest BCUT2D eigenvalue weighted by molar-refractivity contribution is -0.137. The average molecular weight is 402 g/mol. The molecule has 2 aromatic rings. The van der Waals surface area contributed by atoms with Gasteiger partial charge in [-0.05, 0) is 49.2 Å². The molecule has 0 N–H and O–H groups in total. The molecule has 29 heavy (non-hydrogen) atoms. The van der Waals surface area contributed by atoms with Crippen molar-refractivity contribution in [1.29, 1.82) is 0 Å². The van der Waals surface area contributed by atoms with Crippen molar-refractivity contribution in [3.63, 3.8) is 0 Å². The normalized spacial score (nSPS) is 22.0. The summed E-state index contributed by atoms with van der Waals surface area (Å²) in [4.78, 5) is 28.8. The maximum absolute atomic E-state index is 13.0. The van der Waals surface area contributed by atoms with Gasteiger partial charge in [0.25, 0.3) is 5.91 Å². The van der Waals surface area contributed by atoms with Crippen LogP contribution < -0.4 is 4.90 Å². The summed E-state index contributed by atoms with van der Waals surface area (Å²) in [7, 11) is 0. The molecule has 2 aliphatic heterocycles. The molecular weight excluding hydrogens is 381 g/mol. The van der Waals surface area contributed by atoms with Crippen molar-refractivity contribution in [3.8, 4) is 0 Å². The molecule has 2 amide bonds. The largest absolute Gasteiger partial charge is 0.416 e. The second-order valence-corrected chi connectivity index (χ2v) is 8.05. The van der Waals surface area contributed by atoms with Gasteiger partial charge in [0.05, 0.1) is 5.56 Å². The second kappa shape index (κ2) is 6.90. The molecule has 0 bridgehead atoms. The molecule has 4 rings (SSSR count). The molecule has 7 heteroatoms. The van der Waals surface area contributed by atoms with Crippen LogP contribution >= 0.6 is 0 Å². The Bertz CT molecular complexity index is 973. The molecular formula is C22H21F3N2O2. The number of likely N-dealkylation sites (tertiary alicyclic amines) is 1. The number of alkyl halides is 3. The van der Waals surface area contributed by atoms with E-state index in [1.54, 1.807) is 9.80 Å². The average Bonchev–Trinajstić information content (AvgIpc) is 3.23. The molecule has 0 radical (unpaired) electrons. The van der Waals surface area contributed by atoms with E-state index >= 15 is 0 Å². The zero-order valence-electron chi connectivity index (χ0n) is 16.0. The molecule has 1 atom stereocenters. The van der Waals surface area contributed by atoms with Crippen LogP contribution in [0.1, 0.15) is 34.3 Å². The van der Waals surface area contributed by atoms with Gasteiger partial charge in [-0.3, -0.25) is 9.59 Å². The van der Waals surface area contributed by atoms with E-state index in [1.165, 1.54) is 12.1 Å². The molecule has 2 aromatic carbocycles. The van der Waals surface area contributed by atoms with Gasteiger partial charge in [0.15, 0.2) is 0 Å². The van der Waals surface area contributed by atoms with Gasteiger partial charge in [0.1, 0.15) is 0 Å². The summed E-state index contributed by atoms with van der Waals surface area (Å²) in [5.41, 5.74) is 0.743. The number of hydrogen-bond acceptors (Lipinski definition) is 2. The van der Waals surface area contributed by atoms with Crippen LogP contribution in [-0.4, -0.2) is 36.3 Å². The molecule has 2 heterocycles. The van der Waals surface area contributed by atoms with E-state index in [4.69, 9.17) is 0 Å². The molecule has 0 saturated carbocycles. The van der Waals surface area contributed by atoms with Crippen molar-refractivity contribution in [2.24, 2.45) is 5.41 Å². The van der Waals surface area contributed by atoms with Gasteiger partial charge < -0.3 is 9.80 Å². The van der Waals surface area contributed by atoms with E-state index < -0.39 is 17.6 Å². The molecule has 0 aliphatic carbocycles. The molecule has 152 valence electrons. The van der Waals surface area contributed by atoms with Crippen molar-refractivity contribution < 1.29 is 22.8 Å². The third kappa shape index (κ3) is 3.73. The van der Waals surface area contributed by atoms with Crippen molar-refractivity contribution in [2.75, 3.05) is 24.5 Å². The van der Waals surface area contributed by atoms with Crippen molar-refractivity contribution >= 4 is 17.5 Å². The summed E-state index contributed by atoms with van der Waals surface area (Å²) in [6.07, 6.45) is -3.49. The van der Waals surface area contributed by atoms with Gasteiger partial charge >= 0.3 is 6.18 Å². The zero-order chi connectivity index (χ0) is 20.8. The third-order valence-corrected chi connectivity index (χ3v) is 5.80. The first kappa shape index (κ1) is 19.5. The van der Waals surface area contributed by atoms with E-state index in [0.717, 1.165) is 23.4 Å². The fourth-order valence-corrected chi connectivity index (χ4v) is 4.32. The topological polar surface area (TPSA) is 40.6 Å². The summed E-state index contributed by atoms with van der Waals surface area (Å²) in [6, 6.07) is 12.2. The highest BCUT2D eigenvalue weighted by Gasteiger charge is 2.49. The second-order valence-electron chi connectivity index (χ2n) is 8.05. The smallest absolute Gasteiger partial charge is 0.338 e. The Labute approximate surface area is 166 Å². The number of carbonyl (C=O) groups excluding carboxylic acids is 2. The van der Waals surface area contributed by atoms with Gasteiger partial charge in [-0.1, -0.05) is 18.2 Å². The van der Waals surface area contributed by atoms with Crippen LogP contribution in [0.15, 0.2) is 48.5 Å². The highest BCUT2D eigenvalue weighted by Crippen LogP contribution is 2.42. The van der Waals surface area contributed by atoms with E-state index in [-0.39, 0.29) is 16.9 Å². The first-order valence-corrected chi connectivity index (χ1v) is 9.51. The van der Waals surface area contributed by atoms with Crippen LogP contribution in [-0.2, 0) is 11.0 Å². The number of anilines is 1. The van der Waals surface area contributed by atoms with Gasteiger partial charge in [-0.2, -0.15) is 13.2 Å². The predicted molar refractivity (Wildman–Crippen MR) is 103 cm³/mol. The number of nitrogens with zero attached hydrogens (tertiary/aromatic N) is 2. The highest BCUT2D eigenvalue weighted by molar-refractivity contribution is 5.97. The Hall–Kier alpha value is -2.83. The van der Waals surface area contributed by atoms with Crippen molar-refractivity contribution in [2.45, 2.75) is 25.9 Å². The van der Waals surface area contributed by atoms with Gasteiger partial charge in [-0.15, -0.1) is 0 Å². The fraction of sp³-hybridized carbons (Fsp3) is 0.364. The molecule has 0 unspecified atom stereocenters. The summed E-state index contributed by atoms with van der Waals surface area (Å²) in [5, 5.41) is 0. The third-order valence-electron chi connectivity index (χ3n) is 5.80. The summed E-state index contributed by atoms with van der Waals surface area (Å²) >= 11 is 0. The number of amides is 2. The summed E-state index contributed by atoms with van der Waals surface area (Å²) in [6.45, 7) is 3.28. The minimum atomic E-state index is -4.49. The minimum absolute atomic E-state index is 0.0176. The number of benzene rings is 2. The molecule has 2 fully saturated rings. The standard InChI is InChI=1S/C22H21F3N2O2/c1-15-4-2-7-18(10-15)27-14-21(12-19(27)28)8-9-26(13-21)20(29)16-5-3-6-17(11-16)22(23,24)25/h2-7,10-11H,8-9,12-14H2,1H3/t21-/m0/s1. The molecule has 2 saturated heterocycles. The Morgan fingerprint density at radius 3 is 2.55 bits per heavy atom. The maximum atomic E-state index is 13.0. The Balaban J connectivity index is 1.51. The summed E-state index contributed by atoms with van der Waals surface area (Å²) in [5.74, 6) is -0.404. The summed E-state index contributed by atoms with van der Waals surface area (Å²) < 4.78 is 38.9. The van der Waals surface area contributed by atoms with Crippen LogP contribution in [0, 0.1) is 12.3 Å². The minimum Gasteiger partial charge on any atom is -0.338 e. The number of hydrogen-bond donors (Lipinski definition) is 0. The van der Waals surface area contributed by atoms with Gasteiger partial charge in [-0.25, -0.2) is 0 Å². The van der Waals surface area contributed by atoms with E-state index in [0.29, 0.717) is 32.5 Å². The van der Waals surface area contributed by atoms with Crippen molar-refractivity contribution in [3.05, 3.63) is 65.2 Å². The van der Waals surface area contributed by atoms with Gasteiger partial charge in [0, 0.05) is 42.7 Å². The number of aryl methyl sites for hydroxylation is 1. The Kier molecular flexibility index (Phi) is 4.63. The zero-order valence-corrected chi connectivity index (χ0v) is 16.0. The first-order chi connectivity index (χ1) is 13.7. The molecule has 0 aromatic heterocycles. The van der Waals surface area contributed by atoms with Crippen LogP contribution in [0.25, 0.3) is 0 Å². The van der Waals surface area contributed by atoms with Gasteiger partial charge in [0.2, 0.25) is 5.91 Å². The molecule has 4 nitrogen and oxygen atoms in total. The van der Waals surface area contributed by atoms with Crippen LogP contribution in [0.3, 0.4) is 0 Å². The van der Waals surface area contributed by atoms with Crippen molar-refractivity contribution in [1.82, 2.24) is 4.90 Å². The van der Waals surface area contributed by atoms with Crippen LogP contribution in [0.2, 0.25) is 0 Å². The lowest BCUT2D eigenvalue weighted by Gasteiger charge is -2.24.